The van der Waals surface area contributed by atoms with Gasteiger partial charge in [-0.3, -0.25) is 4.90 Å². The molecule has 0 aromatic heterocycles. The summed E-state index contributed by atoms with van der Waals surface area (Å²) in [6.45, 7) is -5.71. The molecular formula is C63H111N7O36S3. The van der Waals surface area contributed by atoms with Gasteiger partial charge in [-0.25, -0.2) is 0 Å². The molecule has 22 unspecified atom stereocenters. The highest BCUT2D eigenvalue weighted by Crippen LogP contribution is 2.38. The summed E-state index contributed by atoms with van der Waals surface area (Å²) in [6, 6.07) is 0. The van der Waals surface area contributed by atoms with Crippen molar-refractivity contribution in [3.63, 3.8) is 0 Å². The first-order valence-electron chi connectivity index (χ1n) is 36.5. The number of aliphatic hydroxyl groups excluding tert-OH is 22. The quantitative estimate of drug-likeness (QED) is 0.0324. The van der Waals surface area contributed by atoms with Gasteiger partial charge in [-0.1, -0.05) is 12.8 Å². The van der Waals surface area contributed by atoms with E-state index in [1.165, 1.54) is 0 Å². The lowest BCUT2D eigenvalue weighted by molar-refractivity contribution is -0.355. The molecule has 28 N–H and O–H groups in total. The molecule has 0 spiro atoms. The number of nitrogens with zero attached hydrogens (tertiary/aromatic N) is 1. The number of hydrogen-bond donors (Lipinski definition) is 28. The monoisotopic (exact) mass is 1640 g/mol. The number of thiocarbonyl (C=S) groups is 3. The first kappa shape index (κ1) is 90.5. The van der Waals surface area contributed by atoms with Crippen molar-refractivity contribution in [2.75, 3.05) is 118 Å². The van der Waals surface area contributed by atoms with E-state index in [1.807, 2.05) is 4.90 Å². The highest BCUT2D eigenvalue weighted by molar-refractivity contribution is 7.80. The summed E-state index contributed by atoms with van der Waals surface area (Å²) in [4.78, 5) is 1.90. The lowest BCUT2D eigenvalue weighted by Crippen LogP contribution is -2.66. The van der Waals surface area contributed by atoms with Crippen LogP contribution in [-0.4, -0.2) is 459 Å². The normalized spacial score (nSPS) is 43.7. The Bertz CT molecular complexity index is 2550. The maximum absolute atomic E-state index is 11.6. The van der Waals surface area contributed by atoms with E-state index in [0.29, 0.717) is 38.5 Å². The third kappa shape index (κ3) is 22.9. The van der Waals surface area contributed by atoms with E-state index in [-0.39, 0.29) is 80.9 Å². The fourth-order valence-electron chi connectivity index (χ4n) is 14.4. The summed E-state index contributed by atoms with van der Waals surface area (Å²) in [6.07, 6.45) is -50.5. The van der Waals surface area contributed by atoms with Crippen molar-refractivity contribution in [2.24, 2.45) is 11.8 Å². The maximum Gasteiger partial charge on any atom is 0.186 e. The van der Waals surface area contributed by atoms with Crippen LogP contribution in [0.25, 0.3) is 0 Å². The van der Waals surface area contributed by atoms with Crippen LogP contribution in [0.15, 0.2) is 0 Å². The molecule has 15 saturated heterocycles. The summed E-state index contributed by atoms with van der Waals surface area (Å²) < 4.78 is 82.3. The second-order valence-corrected chi connectivity index (χ2v) is 29.7. The van der Waals surface area contributed by atoms with Crippen molar-refractivity contribution < 1.29 is 179 Å². The molecular weight excluding hydrogens is 1530 g/mol. The number of hydrogen-bond acceptors (Lipinski definition) is 40. The molecule has 15 aliphatic heterocycles. The third-order valence-corrected chi connectivity index (χ3v) is 21.7. The van der Waals surface area contributed by atoms with Gasteiger partial charge in [0.15, 0.2) is 59.4 Å². The first-order valence-corrected chi connectivity index (χ1v) is 37.7. The summed E-state index contributed by atoms with van der Waals surface area (Å²) >= 11 is 17.4. The minimum absolute atomic E-state index is 0.0406. The van der Waals surface area contributed by atoms with Gasteiger partial charge < -0.3 is 211 Å². The molecule has 35 atom stereocenters. The molecule has 0 aromatic carbocycles. The van der Waals surface area contributed by atoms with E-state index in [0.717, 1.165) is 0 Å². The predicted molar refractivity (Wildman–Crippen MR) is 372 cm³/mol. The van der Waals surface area contributed by atoms with E-state index < -0.39 is 273 Å². The molecule has 0 saturated carbocycles. The second kappa shape index (κ2) is 42.6. The number of rotatable bonds is 28. The van der Waals surface area contributed by atoms with Gasteiger partial charge in [-0.05, 0) is 62.3 Å². The highest BCUT2D eigenvalue weighted by Gasteiger charge is 2.55. The second-order valence-electron chi connectivity index (χ2n) is 28.5. The van der Waals surface area contributed by atoms with Crippen molar-refractivity contribution in [3.8, 4) is 0 Å². The van der Waals surface area contributed by atoms with E-state index in [9.17, 15) is 112 Å². The summed E-state index contributed by atoms with van der Waals surface area (Å²) in [5.41, 5.74) is -2.07. The van der Waals surface area contributed by atoms with Crippen LogP contribution in [-0.2, 0) is 66.3 Å². The Kier molecular flexibility index (Phi) is 35.4. The Morgan fingerprint density at radius 3 is 0.991 bits per heavy atom. The number of nitrogens with one attached hydrogen (secondary N) is 6. The SMILES string of the molecule is OCC1O[C@H]2OCCCCC3C(CNC(=S)NCCN(CCNC(=S)NCC4O[C@H]5OC6C(CO)O[C@@H](OCCCCC4C(O)C5O)C(O)C6O)CCNC(=S)NC(CO[C@@H]4OC(CO)[C@H](O)[C@H](O)C4O)(CO[C@@H]4OC(CO)[C@H](O)[C@H](O)C4O)CO[C@@H]4OC(CO)[C@H](O)[C@H](O)C4O)O[C@@H](OC1C(O)C2O)C(O)C3O. The van der Waals surface area contributed by atoms with Crippen molar-refractivity contribution >= 4 is 52.0 Å². The van der Waals surface area contributed by atoms with Crippen LogP contribution >= 0.6 is 36.7 Å². The van der Waals surface area contributed by atoms with Gasteiger partial charge in [-0.2, -0.15) is 0 Å². The average Bonchev–Trinajstić information content (AvgIpc) is 0.780. The zero-order chi connectivity index (χ0) is 79.1. The Morgan fingerprint density at radius 1 is 0.330 bits per heavy atom. The Balaban J connectivity index is 0.907. The molecule has 0 aromatic rings. The topological polar surface area (TPSA) is 650 Å². The lowest BCUT2D eigenvalue weighted by Gasteiger charge is -2.47. The van der Waals surface area contributed by atoms with Gasteiger partial charge in [0.2, 0.25) is 0 Å². The third-order valence-electron chi connectivity index (χ3n) is 20.9. The lowest BCUT2D eigenvalue weighted by atomic mass is 9.84. The van der Waals surface area contributed by atoms with Crippen LogP contribution in [0, 0.1) is 11.8 Å². The van der Waals surface area contributed by atoms with Crippen LogP contribution < -0.4 is 31.9 Å². The molecule has 15 fully saturated rings. The fraction of sp³-hybridized carbons (Fsp3) is 0.952. The highest BCUT2D eigenvalue weighted by atomic mass is 32.1. The van der Waals surface area contributed by atoms with Gasteiger partial charge >= 0.3 is 0 Å². The van der Waals surface area contributed by atoms with Gasteiger partial charge in [0.05, 0.1) is 77.3 Å². The summed E-state index contributed by atoms with van der Waals surface area (Å²) in [5.74, 6) is -1.38. The van der Waals surface area contributed by atoms with E-state index in [4.69, 9.17) is 103 Å². The van der Waals surface area contributed by atoms with Crippen LogP contribution in [0.2, 0.25) is 0 Å². The van der Waals surface area contributed by atoms with Crippen LogP contribution in [0.4, 0.5) is 0 Å². The molecule has 15 heterocycles. The standard InChI is InChI=1S/C63H111N7O36S3/c71-17-29-36(78)39(81)46(88)55(100-29)95-22-63(23-96-56-47(89)40(82)37(79)30(18-72)101-56,24-97-57-48(90)41(83)38(80)31(19-73)102-57)69-62(109)66-9-12-70(10-7-64-60(107)67-15-27-25-5-1-3-13-93-53-49(91)42(84)51(32(20-74)103-53)105-58(98-27)44(86)34(25)76)11-8-65-61(108)68-16-28-26-6-2-4-14-94-54-50(92)43(85)52(33(21-75)104-54)106-59(99-28)45(87)35(26)77/h25-59,71-92H,1-24H2,(H2,64,67,107)(H2,65,68,108)(H2,66,69,109)/t25?,26?,27?,28?,29?,30?,31?,32?,33?,34?,35?,36-,37-,38-,39-,40-,41-,42?,43?,44?,45?,46?,47?,48?,49?,50?,51?,52?,53+,54+,55+,56+,57+,58-,59-,63?/m0/s1. The number of aliphatic hydroxyl groups is 22. The van der Waals surface area contributed by atoms with Gasteiger partial charge in [0.1, 0.15) is 140 Å². The van der Waals surface area contributed by atoms with E-state index >= 15 is 0 Å². The molecule has 0 aliphatic carbocycles. The molecule has 0 amide bonds. The van der Waals surface area contributed by atoms with Crippen LogP contribution in [0.3, 0.4) is 0 Å². The molecule has 15 rings (SSSR count). The van der Waals surface area contributed by atoms with Crippen molar-refractivity contribution in [1.82, 2.24) is 36.8 Å². The van der Waals surface area contributed by atoms with Crippen LogP contribution in [0.5, 0.6) is 0 Å². The smallest absolute Gasteiger partial charge is 0.186 e. The maximum atomic E-state index is 11.6. The zero-order valence-corrected chi connectivity index (χ0v) is 61.9. The largest absolute Gasteiger partial charge is 0.394 e. The van der Waals surface area contributed by atoms with Crippen molar-refractivity contribution in [3.05, 3.63) is 0 Å². The molecule has 632 valence electrons. The molecule has 109 heavy (non-hydrogen) atoms. The van der Waals surface area contributed by atoms with Gasteiger partial charge in [0.25, 0.3) is 0 Å². The first-order chi connectivity index (χ1) is 52.1. The predicted octanol–water partition coefficient (Wildman–Crippen LogP) is -15.0. The minimum atomic E-state index is -2.07. The average molecular weight is 1640 g/mol. The van der Waals surface area contributed by atoms with Crippen molar-refractivity contribution in [2.45, 2.75) is 247 Å². The van der Waals surface area contributed by atoms with Crippen molar-refractivity contribution in [1.29, 1.82) is 0 Å². The summed E-state index contributed by atoms with van der Waals surface area (Å²) in [5, 5.41) is 256. The Labute approximate surface area is 642 Å². The number of ether oxygens (including phenoxy) is 14. The molecule has 0 radical (unpaired) electrons. The Morgan fingerprint density at radius 2 is 0.651 bits per heavy atom. The fourth-order valence-corrected chi connectivity index (χ4v) is 15.1. The zero-order valence-electron chi connectivity index (χ0n) is 59.4. The molecule has 46 heteroatoms. The van der Waals surface area contributed by atoms with Crippen LogP contribution in [0.1, 0.15) is 38.5 Å². The minimum Gasteiger partial charge on any atom is -0.394 e. The molecule has 43 nitrogen and oxygen atoms in total. The Hall–Kier alpha value is -2.41. The molecule has 15 aliphatic rings. The molecule has 8 bridgehead atoms. The van der Waals surface area contributed by atoms with E-state index in [2.05, 4.69) is 31.9 Å². The van der Waals surface area contributed by atoms with E-state index in [1.54, 1.807) is 0 Å². The summed E-state index contributed by atoms with van der Waals surface area (Å²) in [7, 11) is 0. The van der Waals surface area contributed by atoms with Gasteiger partial charge in [-0.15, -0.1) is 0 Å². The van der Waals surface area contributed by atoms with Gasteiger partial charge in [0, 0.05) is 77.4 Å².